The van der Waals surface area contributed by atoms with Gasteiger partial charge in [0.15, 0.2) is 0 Å². The van der Waals surface area contributed by atoms with Crippen LogP contribution >= 0.6 is 0 Å². The molecule has 2 N–H and O–H groups in total. The van der Waals surface area contributed by atoms with Crippen LogP contribution < -0.4 is 5.32 Å². The molecule has 0 amide bonds. The fourth-order valence-corrected chi connectivity index (χ4v) is 2.45. The Morgan fingerprint density at radius 2 is 2.00 bits per heavy atom. The Labute approximate surface area is 103 Å². The van der Waals surface area contributed by atoms with Crippen molar-refractivity contribution in [3.63, 3.8) is 0 Å². The van der Waals surface area contributed by atoms with E-state index < -0.39 is 0 Å². The van der Waals surface area contributed by atoms with Crippen molar-refractivity contribution < 1.29 is 5.11 Å². The molecule has 94 valence electrons. The van der Waals surface area contributed by atoms with Gasteiger partial charge in [-0.25, -0.2) is 0 Å². The highest BCUT2D eigenvalue weighted by molar-refractivity contribution is 5.31. The van der Waals surface area contributed by atoms with Crippen LogP contribution in [-0.2, 0) is 6.42 Å². The average molecular weight is 234 g/mol. The molecule has 1 aromatic rings. The predicted octanol–water partition coefficient (Wildman–Crippen LogP) is 1.62. The van der Waals surface area contributed by atoms with Crippen LogP contribution in [0.4, 0.5) is 0 Å². The molecule has 1 aliphatic heterocycles. The molecule has 1 fully saturated rings. The summed E-state index contributed by atoms with van der Waals surface area (Å²) in [5, 5.41) is 13.1. The van der Waals surface area contributed by atoms with E-state index in [2.05, 4.69) is 17.3 Å². The van der Waals surface area contributed by atoms with Crippen molar-refractivity contribution in [3.8, 4) is 5.75 Å². The Balaban J connectivity index is 1.83. The number of benzene rings is 1. The molecular formula is C14H22N2O. The van der Waals surface area contributed by atoms with E-state index >= 15 is 0 Å². The lowest BCUT2D eigenvalue weighted by atomic mass is 10.0. The number of nitrogens with one attached hydrogen (secondary N) is 1. The number of para-hydroxylation sites is 1. The summed E-state index contributed by atoms with van der Waals surface area (Å²) in [7, 11) is 2.19. The maximum atomic E-state index is 9.71. The van der Waals surface area contributed by atoms with Crippen LogP contribution in [0, 0.1) is 0 Å². The second-order valence-electron chi connectivity index (χ2n) is 4.84. The summed E-state index contributed by atoms with van der Waals surface area (Å²) in [5.41, 5.74) is 1.05. The van der Waals surface area contributed by atoms with Crippen LogP contribution in [0.2, 0.25) is 0 Å². The van der Waals surface area contributed by atoms with Gasteiger partial charge in [0.25, 0.3) is 0 Å². The summed E-state index contributed by atoms with van der Waals surface area (Å²) >= 11 is 0. The molecule has 1 saturated heterocycles. The normalized spacial score (nSPS) is 17.5. The first-order valence-corrected chi connectivity index (χ1v) is 6.45. The molecule has 0 bridgehead atoms. The smallest absolute Gasteiger partial charge is 0.118 e. The van der Waals surface area contributed by atoms with E-state index in [9.17, 15) is 5.11 Å². The SMILES string of the molecule is CN(CCc1ccccc1O)C1CCNCC1. The van der Waals surface area contributed by atoms with Gasteiger partial charge in [0.2, 0.25) is 0 Å². The van der Waals surface area contributed by atoms with Gasteiger partial charge in [0.1, 0.15) is 5.75 Å². The predicted molar refractivity (Wildman–Crippen MR) is 70.3 cm³/mol. The van der Waals surface area contributed by atoms with Gasteiger partial charge in [0.05, 0.1) is 0 Å². The number of phenolic OH excluding ortho intramolecular Hbond substituents is 1. The van der Waals surface area contributed by atoms with Crippen molar-refractivity contribution in [2.24, 2.45) is 0 Å². The maximum Gasteiger partial charge on any atom is 0.118 e. The van der Waals surface area contributed by atoms with Gasteiger partial charge in [0, 0.05) is 12.6 Å². The zero-order valence-electron chi connectivity index (χ0n) is 10.5. The summed E-state index contributed by atoms with van der Waals surface area (Å²) in [6.45, 7) is 3.28. The first-order chi connectivity index (χ1) is 8.27. The summed E-state index contributed by atoms with van der Waals surface area (Å²) < 4.78 is 0. The monoisotopic (exact) mass is 234 g/mol. The topological polar surface area (TPSA) is 35.5 Å². The first kappa shape index (κ1) is 12.4. The standard InChI is InChI=1S/C14H22N2O/c1-16(13-6-9-15-10-7-13)11-8-12-4-2-3-5-14(12)17/h2-5,13,15,17H,6-11H2,1H3. The lowest BCUT2D eigenvalue weighted by Crippen LogP contribution is -2.41. The molecule has 17 heavy (non-hydrogen) atoms. The minimum Gasteiger partial charge on any atom is -0.508 e. The van der Waals surface area contributed by atoms with Crippen molar-refractivity contribution >= 4 is 0 Å². The number of rotatable bonds is 4. The van der Waals surface area contributed by atoms with E-state index in [1.54, 1.807) is 6.07 Å². The van der Waals surface area contributed by atoms with Gasteiger partial charge in [-0.15, -0.1) is 0 Å². The largest absolute Gasteiger partial charge is 0.508 e. The van der Waals surface area contributed by atoms with E-state index in [-0.39, 0.29) is 0 Å². The third kappa shape index (κ3) is 3.45. The molecule has 0 saturated carbocycles. The van der Waals surface area contributed by atoms with Crippen LogP contribution in [0.3, 0.4) is 0 Å². The highest BCUT2D eigenvalue weighted by atomic mass is 16.3. The van der Waals surface area contributed by atoms with Crippen LogP contribution in [-0.4, -0.2) is 42.7 Å². The highest BCUT2D eigenvalue weighted by Crippen LogP contribution is 2.17. The van der Waals surface area contributed by atoms with Gasteiger partial charge in [-0.3, -0.25) is 0 Å². The molecule has 0 radical (unpaired) electrons. The van der Waals surface area contributed by atoms with Gasteiger partial charge in [-0.05, 0) is 51.0 Å². The third-order valence-electron chi connectivity index (χ3n) is 3.66. The number of hydrogen-bond donors (Lipinski definition) is 2. The van der Waals surface area contributed by atoms with E-state index in [0.29, 0.717) is 11.8 Å². The van der Waals surface area contributed by atoms with E-state index in [1.807, 2.05) is 18.2 Å². The zero-order valence-corrected chi connectivity index (χ0v) is 10.5. The average Bonchev–Trinajstić information content (AvgIpc) is 2.38. The van der Waals surface area contributed by atoms with Crippen LogP contribution in [0.25, 0.3) is 0 Å². The number of aromatic hydroxyl groups is 1. The number of likely N-dealkylation sites (N-methyl/N-ethyl adjacent to an activating group) is 1. The van der Waals surface area contributed by atoms with Crippen LogP contribution in [0.1, 0.15) is 18.4 Å². The maximum absolute atomic E-state index is 9.71. The second kappa shape index (κ2) is 6.03. The van der Waals surface area contributed by atoms with Crippen molar-refractivity contribution in [1.82, 2.24) is 10.2 Å². The molecule has 0 aromatic heterocycles. The van der Waals surface area contributed by atoms with Crippen molar-refractivity contribution in [2.45, 2.75) is 25.3 Å². The summed E-state index contributed by atoms with van der Waals surface area (Å²) in [4.78, 5) is 2.42. The summed E-state index contributed by atoms with van der Waals surface area (Å²) in [5.74, 6) is 0.422. The number of piperidine rings is 1. The first-order valence-electron chi connectivity index (χ1n) is 6.45. The summed E-state index contributed by atoms with van der Waals surface area (Å²) in [6, 6.07) is 8.32. The Morgan fingerprint density at radius 1 is 1.29 bits per heavy atom. The van der Waals surface area contributed by atoms with E-state index in [0.717, 1.165) is 31.6 Å². The van der Waals surface area contributed by atoms with E-state index in [4.69, 9.17) is 0 Å². The number of phenols is 1. The minimum atomic E-state index is 0.422. The van der Waals surface area contributed by atoms with Crippen LogP contribution in [0.5, 0.6) is 5.75 Å². The Kier molecular flexibility index (Phi) is 4.40. The Bertz CT molecular complexity index is 348. The molecule has 0 aliphatic carbocycles. The molecular weight excluding hydrogens is 212 g/mol. The van der Waals surface area contributed by atoms with Gasteiger partial charge in [-0.2, -0.15) is 0 Å². The molecule has 1 heterocycles. The summed E-state index contributed by atoms with van der Waals surface area (Å²) in [6.07, 6.45) is 3.39. The lowest BCUT2D eigenvalue weighted by Gasteiger charge is -2.31. The number of nitrogens with zero attached hydrogens (tertiary/aromatic N) is 1. The van der Waals surface area contributed by atoms with Gasteiger partial charge in [-0.1, -0.05) is 18.2 Å². The lowest BCUT2D eigenvalue weighted by molar-refractivity contribution is 0.201. The van der Waals surface area contributed by atoms with E-state index in [1.165, 1.54) is 12.8 Å². The highest BCUT2D eigenvalue weighted by Gasteiger charge is 2.17. The van der Waals surface area contributed by atoms with Crippen LogP contribution in [0.15, 0.2) is 24.3 Å². The second-order valence-corrected chi connectivity index (χ2v) is 4.84. The Morgan fingerprint density at radius 3 is 2.71 bits per heavy atom. The van der Waals surface area contributed by atoms with Gasteiger partial charge < -0.3 is 15.3 Å². The molecule has 0 atom stereocenters. The van der Waals surface area contributed by atoms with Crippen molar-refractivity contribution in [3.05, 3.63) is 29.8 Å². The zero-order chi connectivity index (χ0) is 12.1. The van der Waals surface area contributed by atoms with Crippen molar-refractivity contribution in [1.29, 1.82) is 0 Å². The fraction of sp³-hybridized carbons (Fsp3) is 0.571. The minimum absolute atomic E-state index is 0.422. The quantitative estimate of drug-likeness (QED) is 0.831. The fourth-order valence-electron chi connectivity index (χ4n) is 2.45. The number of hydrogen-bond acceptors (Lipinski definition) is 3. The molecule has 3 heteroatoms. The molecule has 2 rings (SSSR count). The molecule has 1 aromatic carbocycles. The third-order valence-corrected chi connectivity index (χ3v) is 3.66. The molecule has 1 aliphatic rings. The molecule has 0 unspecified atom stereocenters. The molecule has 3 nitrogen and oxygen atoms in total. The molecule has 0 spiro atoms. The van der Waals surface area contributed by atoms with Crippen molar-refractivity contribution in [2.75, 3.05) is 26.7 Å². The Hall–Kier alpha value is -1.06. The van der Waals surface area contributed by atoms with Gasteiger partial charge >= 0.3 is 0 Å².